The molecule has 0 saturated heterocycles. The van der Waals surface area contributed by atoms with Crippen LogP contribution >= 0.6 is 0 Å². The topological polar surface area (TPSA) is 38.7 Å². The standard InChI is InChI=1S/C6H12O3/c1-8-6-9-5-3-2-4-7/h2-3,7H,4-6H2,1H3/b3-2-. The van der Waals surface area contributed by atoms with Crippen LogP contribution in [0.4, 0.5) is 0 Å². The smallest absolute Gasteiger partial charge is 0.146 e. The minimum absolute atomic E-state index is 0.0658. The van der Waals surface area contributed by atoms with Gasteiger partial charge in [-0.05, 0) is 0 Å². The van der Waals surface area contributed by atoms with Crippen molar-refractivity contribution in [2.24, 2.45) is 0 Å². The molecule has 0 rings (SSSR count). The van der Waals surface area contributed by atoms with Gasteiger partial charge in [0.1, 0.15) is 6.79 Å². The maximum Gasteiger partial charge on any atom is 0.146 e. The van der Waals surface area contributed by atoms with Crippen molar-refractivity contribution in [3.63, 3.8) is 0 Å². The van der Waals surface area contributed by atoms with Gasteiger partial charge in [0, 0.05) is 7.11 Å². The van der Waals surface area contributed by atoms with E-state index in [9.17, 15) is 0 Å². The van der Waals surface area contributed by atoms with Crippen molar-refractivity contribution in [1.29, 1.82) is 0 Å². The Morgan fingerprint density at radius 2 is 2.22 bits per heavy atom. The molecule has 0 aliphatic carbocycles. The van der Waals surface area contributed by atoms with E-state index >= 15 is 0 Å². The molecule has 54 valence electrons. The summed E-state index contributed by atoms with van der Waals surface area (Å²) < 4.78 is 9.47. The molecule has 1 N–H and O–H groups in total. The van der Waals surface area contributed by atoms with Crippen LogP contribution in [0.25, 0.3) is 0 Å². The summed E-state index contributed by atoms with van der Waals surface area (Å²) in [5.41, 5.74) is 0. The molecule has 3 nitrogen and oxygen atoms in total. The molecule has 0 aromatic carbocycles. The van der Waals surface area contributed by atoms with Crippen molar-refractivity contribution in [2.75, 3.05) is 27.1 Å². The molecule has 0 unspecified atom stereocenters. The number of ether oxygens (including phenoxy) is 2. The second-order valence-corrected chi connectivity index (χ2v) is 1.43. The highest BCUT2D eigenvalue weighted by Crippen LogP contribution is 1.76. The highest BCUT2D eigenvalue weighted by Gasteiger charge is 1.76. The van der Waals surface area contributed by atoms with Crippen LogP contribution in [-0.2, 0) is 9.47 Å². The number of methoxy groups -OCH3 is 1. The highest BCUT2D eigenvalue weighted by atomic mass is 16.7. The normalized spacial score (nSPS) is 10.9. The lowest BCUT2D eigenvalue weighted by Crippen LogP contribution is -1.95. The van der Waals surface area contributed by atoms with Crippen molar-refractivity contribution in [1.82, 2.24) is 0 Å². The van der Waals surface area contributed by atoms with E-state index in [-0.39, 0.29) is 6.61 Å². The molecule has 0 radical (unpaired) electrons. The van der Waals surface area contributed by atoms with Crippen LogP contribution in [0.15, 0.2) is 12.2 Å². The van der Waals surface area contributed by atoms with Gasteiger partial charge in [-0.15, -0.1) is 0 Å². The average molecular weight is 132 g/mol. The van der Waals surface area contributed by atoms with Gasteiger partial charge in [0.2, 0.25) is 0 Å². The summed E-state index contributed by atoms with van der Waals surface area (Å²) >= 11 is 0. The second kappa shape index (κ2) is 7.62. The zero-order valence-electron chi connectivity index (χ0n) is 5.54. The summed E-state index contributed by atoms with van der Waals surface area (Å²) in [7, 11) is 1.57. The number of hydrogen-bond donors (Lipinski definition) is 1. The SMILES string of the molecule is COCOC/C=C\CO. The number of rotatable bonds is 5. The number of hydrogen-bond acceptors (Lipinski definition) is 3. The lowest BCUT2D eigenvalue weighted by atomic mass is 10.5. The Balaban J connectivity index is 2.82. The first-order valence-corrected chi connectivity index (χ1v) is 2.74. The van der Waals surface area contributed by atoms with Crippen LogP contribution in [0.2, 0.25) is 0 Å². The lowest BCUT2D eigenvalue weighted by molar-refractivity contribution is -0.0187. The summed E-state index contributed by atoms with van der Waals surface area (Å²) in [6, 6.07) is 0. The Morgan fingerprint density at radius 3 is 2.78 bits per heavy atom. The zero-order chi connectivity index (χ0) is 6.95. The van der Waals surface area contributed by atoms with Gasteiger partial charge in [0.15, 0.2) is 0 Å². The van der Waals surface area contributed by atoms with Crippen LogP contribution < -0.4 is 0 Å². The molecule has 3 heteroatoms. The quantitative estimate of drug-likeness (QED) is 0.329. The lowest BCUT2D eigenvalue weighted by Gasteiger charge is -1.95. The Kier molecular flexibility index (Phi) is 7.30. The maximum atomic E-state index is 8.25. The monoisotopic (exact) mass is 132 g/mol. The maximum absolute atomic E-state index is 8.25. The molecule has 0 heterocycles. The van der Waals surface area contributed by atoms with Crippen LogP contribution in [0.1, 0.15) is 0 Å². The number of aliphatic hydroxyl groups is 1. The van der Waals surface area contributed by atoms with Gasteiger partial charge in [-0.3, -0.25) is 0 Å². The molecule has 0 aromatic heterocycles. The van der Waals surface area contributed by atoms with E-state index in [0.717, 1.165) is 0 Å². The van der Waals surface area contributed by atoms with E-state index in [4.69, 9.17) is 9.84 Å². The third kappa shape index (κ3) is 7.62. The Bertz CT molecular complexity index is 70.7. The van der Waals surface area contributed by atoms with Gasteiger partial charge in [-0.1, -0.05) is 12.2 Å². The van der Waals surface area contributed by atoms with E-state index in [0.29, 0.717) is 13.4 Å². The molecular weight excluding hydrogens is 120 g/mol. The van der Waals surface area contributed by atoms with Crippen LogP contribution in [0, 0.1) is 0 Å². The van der Waals surface area contributed by atoms with Crippen LogP contribution in [-0.4, -0.2) is 32.2 Å². The van der Waals surface area contributed by atoms with Crippen molar-refractivity contribution in [2.45, 2.75) is 0 Å². The first-order valence-electron chi connectivity index (χ1n) is 2.74. The Labute approximate surface area is 54.9 Å². The van der Waals surface area contributed by atoms with E-state index in [1.807, 2.05) is 0 Å². The predicted molar refractivity (Wildman–Crippen MR) is 34.1 cm³/mol. The highest BCUT2D eigenvalue weighted by molar-refractivity contribution is 4.79. The van der Waals surface area contributed by atoms with E-state index in [1.165, 1.54) is 0 Å². The van der Waals surface area contributed by atoms with Gasteiger partial charge in [-0.2, -0.15) is 0 Å². The summed E-state index contributed by atoms with van der Waals surface area (Å²) in [4.78, 5) is 0. The van der Waals surface area contributed by atoms with Crippen LogP contribution in [0.5, 0.6) is 0 Å². The summed E-state index contributed by atoms with van der Waals surface area (Å²) in [5.74, 6) is 0. The fraction of sp³-hybridized carbons (Fsp3) is 0.667. The minimum atomic E-state index is 0.0658. The van der Waals surface area contributed by atoms with Gasteiger partial charge in [-0.25, -0.2) is 0 Å². The minimum Gasteiger partial charge on any atom is -0.392 e. The molecule has 0 spiro atoms. The molecule has 0 saturated carbocycles. The third-order valence-electron chi connectivity index (χ3n) is 0.687. The summed E-state index contributed by atoms with van der Waals surface area (Å²) in [6.45, 7) is 0.862. The van der Waals surface area contributed by atoms with E-state index < -0.39 is 0 Å². The second-order valence-electron chi connectivity index (χ2n) is 1.43. The molecule has 0 fully saturated rings. The first-order chi connectivity index (χ1) is 4.41. The van der Waals surface area contributed by atoms with Gasteiger partial charge in [0.05, 0.1) is 13.2 Å². The Morgan fingerprint density at radius 1 is 1.44 bits per heavy atom. The van der Waals surface area contributed by atoms with Crippen molar-refractivity contribution < 1.29 is 14.6 Å². The molecule has 0 aliphatic heterocycles. The largest absolute Gasteiger partial charge is 0.392 e. The van der Waals surface area contributed by atoms with Crippen LogP contribution in [0.3, 0.4) is 0 Å². The zero-order valence-corrected chi connectivity index (χ0v) is 5.54. The van der Waals surface area contributed by atoms with Crippen molar-refractivity contribution in [3.8, 4) is 0 Å². The summed E-state index contributed by atoms with van der Waals surface area (Å²) in [5, 5.41) is 8.25. The average Bonchev–Trinajstić information content (AvgIpc) is 1.89. The van der Waals surface area contributed by atoms with Crippen molar-refractivity contribution in [3.05, 3.63) is 12.2 Å². The predicted octanol–water partition coefficient (Wildman–Crippen LogP) is 0.155. The van der Waals surface area contributed by atoms with E-state index in [2.05, 4.69) is 4.74 Å². The van der Waals surface area contributed by atoms with Gasteiger partial charge in [0.25, 0.3) is 0 Å². The first kappa shape index (κ1) is 8.62. The third-order valence-corrected chi connectivity index (χ3v) is 0.687. The van der Waals surface area contributed by atoms with Gasteiger partial charge < -0.3 is 14.6 Å². The summed E-state index contributed by atoms with van der Waals surface area (Å²) in [6.07, 6.45) is 3.36. The van der Waals surface area contributed by atoms with Crippen molar-refractivity contribution >= 4 is 0 Å². The molecule has 0 atom stereocenters. The molecular formula is C6H12O3. The van der Waals surface area contributed by atoms with Gasteiger partial charge >= 0.3 is 0 Å². The van der Waals surface area contributed by atoms with E-state index in [1.54, 1.807) is 19.3 Å². The molecule has 0 bridgehead atoms. The Hall–Kier alpha value is -0.380. The number of aliphatic hydroxyl groups excluding tert-OH is 1. The molecule has 9 heavy (non-hydrogen) atoms. The fourth-order valence-corrected chi connectivity index (χ4v) is 0.342. The molecule has 0 amide bonds. The molecule has 0 aromatic rings. The fourth-order valence-electron chi connectivity index (χ4n) is 0.342. The molecule has 0 aliphatic rings.